The van der Waals surface area contributed by atoms with Gasteiger partial charge in [0.2, 0.25) is 5.91 Å². The van der Waals surface area contributed by atoms with E-state index in [0.717, 1.165) is 5.56 Å². The first-order valence-electron chi connectivity index (χ1n) is 7.34. The second-order valence-electron chi connectivity index (χ2n) is 6.66. The van der Waals surface area contributed by atoms with Crippen LogP contribution in [0.1, 0.15) is 33.3 Å². The van der Waals surface area contributed by atoms with Crippen molar-refractivity contribution in [1.29, 1.82) is 0 Å². The van der Waals surface area contributed by atoms with Gasteiger partial charge in [-0.05, 0) is 24.8 Å². The van der Waals surface area contributed by atoms with Crippen molar-refractivity contribution in [3.8, 4) is 0 Å². The van der Waals surface area contributed by atoms with Crippen molar-refractivity contribution >= 4 is 11.9 Å². The standard InChI is InChI=1S/C17H23NO3/c1-11(2)18(10-12-8-6-5-7-9-12)15(19)13-14(16(20)21)17(13,3)4/h5-9,11,13-14H,10H2,1-4H3,(H,20,21)/t13-,14+/m1/s1. The Morgan fingerprint density at radius 2 is 1.76 bits per heavy atom. The molecule has 21 heavy (non-hydrogen) atoms. The van der Waals surface area contributed by atoms with E-state index in [1.54, 1.807) is 4.90 Å². The van der Waals surface area contributed by atoms with Crippen LogP contribution in [0.3, 0.4) is 0 Å². The van der Waals surface area contributed by atoms with E-state index in [0.29, 0.717) is 6.54 Å². The number of hydrogen-bond donors (Lipinski definition) is 1. The molecule has 1 amide bonds. The minimum absolute atomic E-state index is 0.0450. The summed E-state index contributed by atoms with van der Waals surface area (Å²) in [6.45, 7) is 8.17. The smallest absolute Gasteiger partial charge is 0.307 e. The van der Waals surface area contributed by atoms with Crippen LogP contribution in [0.5, 0.6) is 0 Å². The van der Waals surface area contributed by atoms with E-state index in [1.165, 1.54) is 0 Å². The van der Waals surface area contributed by atoms with Crippen molar-refractivity contribution in [3.05, 3.63) is 35.9 Å². The van der Waals surface area contributed by atoms with E-state index in [4.69, 9.17) is 0 Å². The summed E-state index contributed by atoms with van der Waals surface area (Å²) in [6.07, 6.45) is 0. The molecule has 1 aromatic rings. The Balaban J connectivity index is 2.16. The lowest BCUT2D eigenvalue weighted by atomic mass is 10.1. The van der Waals surface area contributed by atoms with Gasteiger partial charge in [0.25, 0.3) is 0 Å². The van der Waals surface area contributed by atoms with Gasteiger partial charge in [0.05, 0.1) is 11.8 Å². The average molecular weight is 289 g/mol. The highest BCUT2D eigenvalue weighted by atomic mass is 16.4. The predicted molar refractivity (Wildman–Crippen MR) is 80.5 cm³/mol. The number of amides is 1. The highest BCUT2D eigenvalue weighted by Crippen LogP contribution is 2.59. The zero-order chi connectivity index (χ0) is 15.8. The number of rotatable bonds is 5. The second kappa shape index (κ2) is 5.51. The lowest BCUT2D eigenvalue weighted by Crippen LogP contribution is -2.38. The fourth-order valence-corrected chi connectivity index (χ4v) is 3.03. The molecule has 1 aliphatic rings. The summed E-state index contributed by atoms with van der Waals surface area (Å²) in [5, 5.41) is 9.25. The summed E-state index contributed by atoms with van der Waals surface area (Å²) in [7, 11) is 0. The van der Waals surface area contributed by atoms with Gasteiger partial charge in [0, 0.05) is 12.6 Å². The van der Waals surface area contributed by atoms with Crippen LogP contribution in [0.15, 0.2) is 30.3 Å². The molecule has 1 N–H and O–H groups in total. The van der Waals surface area contributed by atoms with E-state index in [9.17, 15) is 14.7 Å². The van der Waals surface area contributed by atoms with Crippen LogP contribution in [-0.4, -0.2) is 27.9 Å². The highest BCUT2D eigenvalue weighted by Gasteiger charge is 2.66. The van der Waals surface area contributed by atoms with Gasteiger partial charge in [-0.2, -0.15) is 0 Å². The Labute approximate surface area is 125 Å². The Kier molecular flexibility index (Phi) is 4.08. The summed E-state index contributed by atoms with van der Waals surface area (Å²) < 4.78 is 0. The Hall–Kier alpha value is -1.84. The molecule has 1 saturated carbocycles. The van der Waals surface area contributed by atoms with Gasteiger partial charge in [-0.25, -0.2) is 0 Å². The van der Waals surface area contributed by atoms with E-state index >= 15 is 0 Å². The van der Waals surface area contributed by atoms with Crippen molar-refractivity contribution in [2.24, 2.45) is 17.3 Å². The van der Waals surface area contributed by atoms with Crippen LogP contribution >= 0.6 is 0 Å². The van der Waals surface area contributed by atoms with Gasteiger partial charge in [-0.15, -0.1) is 0 Å². The number of carboxylic acid groups (broad SMARTS) is 1. The van der Waals surface area contributed by atoms with Crippen LogP contribution in [0.2, 0.25) is 0 Å². The van der Waals surface area contributed by atoms with Crippen LogP contribution in [0, 0.1) is 17.3 Å². The number of benzene rings is 1. The molecule has 4 nitrogen and oxygen atoms in total. The van der Waals surface area contributed by atoms with Crippen molar-refractivity contribution in [3.63, 3.8) is 0 Å². The van der Waals surface area contributed by atoms with Gasteiger partial charge < -0.3 is 10.0 Å². The molecule has 0 heterocycles. The normalized spacial score (nSPS) is 22.9. The molecule has 4 heteroatoms. The molecule has 2 atom stereocenters. The largest absolute Gasteiger partial charge is 0.481 e. The molecule has 0 aliphatic heterocycles. The molecule has 0 unspecified atom stereocenters. The summed E-state index contributed by atoms with van der Waals surface area (Å²) in [6, 6.07) is 9.84. The van der Waals surface area contributed by atoms with Crippen LogP contribution in [0.4, 0.5) is 0 Å². The maximum atomic E-state index is 12.7. The fraction of sp³-hybridized carbons (Fsp3) is 0.529. The maximum Gasteiger partial charge on any atom is 0.307 e. The molecule has 1 aromatic carbocycles. The van der Waals surface area contributed by atoms with Crippen molar-refractivity contribution in [1.82, 2.24) is 4.90 Å². The quantitative estimate of drug-likeness (QED) is 0.906. The molecule has 0 spiro atoms. The molecule has 0 bridgehead atoms. The monoisotopic (exact) mass is 289 g/mol. The molecular weight excluding hydrogens is 266 g/mol. The zero-order valence-electron chi connectivity index (χ0n) is 13.0. The minimum Gasteiger partial charge on any atom is -0.481 e. The van der Waals surface area contributed by atoms with Gasteiger partial charge >= 0.3 is 5.97 Å². The average Bonchev–Trinajstić information content (AvgIpc) is 2.99. The fourth-order valence-electron chi connectivity index (χ4n) is 3.03. The SMILES string of the molecule is CC(C)N(Cc1ccccc1)C(=O)[C@H]1[C@@H](C(=O)O)C1(C)C. The predicted octanol–water partition coefficient (Wildman–Crippen LogP) is 2.78. The first-order chi connectivity index (χ1) is 9.76. The Morgan fingerprint density at radius 1 is 1.19 bits per heavy atom. The van der Waals surface area contributed by atoms with Crippen LogP contribution < -0.4 is 0 Å². The summed E-state index contributed by atoms with van der Waals surface area (Å²) >= 11 is 0. The third-order valence-electron chi connectivity index (χ3n) is 4.46. The molecular formula is C17H23NO3. The number of carbonyl (C=O) groups excluding carboxylic acids is 1. The van der Waals surface area contributed by atoms with Gasteiger partial charge in [0.1, 0.15) is 0 Å². The molecule has 1 fully saturated rings. The first-order valence-corrected chi connectivity index (χ1v) is 7.34. The number of hydrogen-bond acceptors (Lipinski definition) is 2. The summed E-state index contributed by atoms with van der Waals surface area (Å²) in [5.74, 6) is -1.91. The molecule has 0 aromatic heterocycles. The topological polar surface area (TPSA) is 57.6 Å². The Morgan fingerprint density at radius 3 is 2.19 bits per heavy atom. The third-order valence-corrected chi connectivity index (χ3v) is 4.46. The Bertz CT molecular complexity index is 536. The lowest BCUT2D eigenvalue weighted by molar-refractivity contribution is -0.142. The molecule has 2 rings (SSSR count). The number of carboxylic acids is 1. The van der Waals surface area contributed by atoms with E-state index < -0.39 is 23.2 Å². The molecule has 0 radical (unpaired) electrons. The number of aliphatic carboxylic acids is 1. The van der Waals surface area contributed by atoms with Gasteiger partial charge in [0.15, 0.2) is 0 Å². The third kappa shape index (κ3) is 2.94. The first kappa shape index (κ1) is 15.5. The van der Waals surface area contributed by atoms with E-state index in [-0.39, 0.29) is 11.9 Å². The number of carbonyl (C=O) groups is 2. The highest BCUT2D eigenvalue weighted by molar-refractivity contribution is 5.91. The van der Waals surface area contributed by atoms with E-state index in [1.807, 2.05) is 58.0 Å². The molecule has 1 aliphatic carbocycles. The van der Waals surface area contributed by atoms with Crippen LogP contribution in [-0.2, 0) is 16.1 Å². The maximum absolute atomic E-state index is 12.7. The van der Waals surface area contributed by atoms with Crippen molar-refractivity contribution in [2.45, 2.75) is 40.3 Å². The lowest BCUT2D eigenvalue weighted by Gasteiger charge is -2.27. The van der Waals surface area contributed by atoms with Crippen LogP contribution in [0.25, 0.3) is 0 Å². The molecule has 0 saturated heterocycles. The van der Waals surface area contributed by atoms with E-state index in [2.05, 4.69) is 0 Å². The summed E-state index contributed by atoms with van der Waals surface area (Å²) in [4.78, 5) is 25.8. The number of nitrogens with zero attached hydrogens (tertiary/aromatic N) is 1. The van der Waals surface area contributed by atoms with Crippen molar-refractivity contribution < 1.29 is 14.7 Å². The van der Waals surface area contributed by atoms with Gasteiger partial charge in [-0.3, -0.25) is 9.59 Å². The summed E-state index contributed by atoms with van der Waals surface area (Å²) in [5.41, 5.74) is 0.608. The van der Waals surface area contributed by atoms with Gasteiger partial charge in [-0.1, -0.05) is 44.2 Å². The van der Waals surface area contributed by atoms with Crippen molar-refractivity contribution in [2.75, 3.05) is 0 Å². The minimum atomic E-state index is -0.873. The molecule has 114 valence electrons. The second-order valence-corrected chi connectivity index (χ2v) is 6.66. The zero-order valence-corrected chi connectivity index (χ0v) is 13.0.